The maximum atomic E-state index is 10.9. The van der Waals surface area contributed by atoms with Gasteiger partial charge < -0.3 is 26.3 Å². The van der Waals surface area contributed by atoms with Gasteiger partial charge in [0.05, 0.1) is 4.90 Å². The zero-order chi connectivity index (χ0) is 12.1. The van der Waals surface area contributed by atoms with Gasteiger partial charge in [-0.3, -0.25) is 0 Å². The fourth-order valence-electron chi connectivity index (χ4n) is 1.41. The fraction of sp³-hybridized carbons (Fsp3) is 0.0769. The Bertz CT molecular complexity index is 522. The Morgan fingerprint density at radius 1 is 1.05 bits per heavy atom. The van der Waals surface area contributed by atoms with E-state index in [-0.39, 0.29) is 40.0 Å². The quantitative estimate of drug-likeness (QED) is 0.594. The summed E-state index contributed by atoms with van der Waals surface area (Å²) in [5, 5.41) is 0. The predicted octanol–water partition coefficient (Wildman–Crippen LogP) is -0.531. The van der Waals surface area contributed by atoms with E-state index < -0.39 is 11.1 Å². The molecule has 0 spiro atoms. The van der Waals surface area contributed by atoms with E-state index in [1.54, 1.807) is 24.3 Å². The summed E-state index contributed by atoms with van der Waals surface area (Å²) in [4.78, 5) is 0.343. The molecular formula is C13H12BrMgO3S+. The average molecular weight is 353 g/mol. The summed E-state index contributed by atoms with van der Waals surface area (Å²) in [6.07, 6.45) is 0. The van der Waals surface area contributed by atoms with Gasteiger partial charge in [-0.2, -0.15) is 0 Å². The van der Waals surface area contributed by atoms with E-state index in [0.717, 1.165) is 5.56 Å². The first kappa shape index (κ1) is 18.6. The van der Waals surface area contributed by atoms with Crippen molar-refractivity contribution in [1.82, 2.24) is 0 Å². The predicted molar refractivity (Wildman–Crippen MR) is 72.0 cm³/mol. The second-order valence-electron chi connectivity index (χ2n) is 3.50. The molecule has 0 bridgehead atoms. The second kappa shape index (κ2) is 9.49. The molecule has 0 aliphatic rings. The smallest absolute Gasteiger partial charge is 1.00 e. The minimum absolute atomic E-state index is 0. The van der Waals surface area contributed by atoms with Crippen LogP contribution in [0.5, 0.6) is 5.75 Å². The summed E-state index contributed by atoms with van der Waals surface area (Å²) >= 11 is -1.97. The van der Waals surface area contributed by atoms with E-state index >= 15 is 0 Å². The third kappa shape index (κ3) is 6.05. The molecule has 3 nitrogen and oxygen atoms in total. The van der Waals surface area contributed by atoms with Crippen molar-refractivity contribution in [3.05, 3.63) is 60.2 Å². The molecule has 2 aromatic carbocycles. The molecule has 0 amide bonds. The molecule has 1 N–H and O–H groups in total. The van der Waals surface area contributed by atoms with Crippen LogP contribution in [0.3, 0.4) is 0 Å². The number of rotatable bonds is 4. The maximum Gasteiger partial charge on any atom is 2.00 e. The molecule has 1 atom stereocenters. The molecule has 96 valence electrons. The zero-order valence-electron chi connectivity index (χ0n) is 10.2. The normalized spacial score (nSPS) is 10.8. The first-order valence-electron chi connectivity index (χ1n) is 5.13. The van der Waals surface area contributed by atoms with E-state index in [9.17, 15) is 4.21 Å². The van der Waals surface area contributed by atoms with E-state index in [4.69, 9.17) is 9.29 Å². The summed E-state index contributed by atoms with van der Waals surface area (Å²) in [5.74, 6) is 0.591. The Kier molecular flexibility index (Phi) is 9.29. The summed E-state index contributed by atoms with van der Waals surface area (Å²) in [5.41, 5.74) is 1.06. The number of halogens is 1. The Hall–Kier alpha value is -0.404. The number of hydrogen-bond donors (Lipinski definition) is 1. The number of benzene rings is 2. The van der Waals surface area contributed by atoms with Gasteiger partial charge in [0, 0.05) is 0 Å². The number of ether oxygens (including phenoxy) is 1. The SMILES string of the molecule is O=S(O)c1cccc(OCc2ccccc2)c1.[Br-].[Mg+2]. The van der Waals surface area contributed by atoms with Crippen LogP contribution in [-0.2, 0) is 17.7 Å². The topological polar surface area (TPSA) is 46.5 Å². The van der Waals surface area contributed by atoms with Gasteiger partial charge >= 0.3 is 23.1 Å². The molecular weight excluding hydrogens is 340 g/mol. The number of hydrogen-bond acceptors (Lipinski definition) is 2. The molecule has 1 unspecified atom stereocenters. The van der Waals surface area contributed by atoms with Crippen molar-refractivity contribution < 1.29 is 30.5 Å². The van der Waals surface area contributed by atoms with Crippen molar-refractivity contribution >= 4 is 34.1 Å². The van der Waals surface area contributed by atoms with Gasteiger partial charge in [0.2, 0.25) is 0 Å². The Morgan fingerprint density at radius 3 is 2.37 bits per heavy atom. The molecule has 0 fully saturated rings. The minimum Gasteiger partial charge on any atom is -1.00 e. The average Bonchev–Trinajstić information content (AvgIpc) is 2.38. The maximum absolute atomic E-state index is 10.9. The van der Waals surface area contributed by atoms with Crippen LogP contribution in [0.4, 0.5) is 0 Å². The van der Waals surface area contributed by atoms with Gasteiger partial charge in [0.25, 0.3) is 0 Å². The van der Waals surface area contributed by atoms with Crippen LogP contribution in [0.15, 0.2) is 59.5 Å². The molecule has 0 saturated carbocycles. The Morgan fingerprint density at radius 2 is 1.74 bits per heavy atom. The first-order valence-corrected chi connectivity index (χ1v) is 6.24. The van der Waals surface area contributed by atoms with Crippen LogP contribution < -0.4 is 21.7 Å². The third-order valence-corrected chi connectivity index (χ3v) is 2.91. The second-order valence-corrected chi connectivity index (χ2v) is 4.47. The zero-order valence-corrected chi connectivity index (χ0v) is 14.0. The standard InChI is InChI=1S/C13H12O3S.BrH.Mg/c14-17(15)13-8-4-7-12(9-13)16-10-11-5-2-1-3-6-11;;/h1-9H,10H2,(H,14,15);1H;/q;;+2/p-1. The third-order valence-electron chi connectivity index (χ3n) is 2.26. The van der Waals surface area contributed by atoms with Crippen LogP contribution in [0, 0.1) is 0 Å². The van der Waals surface area contributed by atoms with E-state index in [0.29, 0.717) is 17.3 Å². The van der Waals surface area contributed by atoms with E-state index in [1.165, 1.54) is 0 Å². The monoisotopic (exact) mass is 351 g/mol. The van der Waals surface area contributed by atoms with Crippen LogP contribution in [0.1, 0.15) is 5.56 Å². The largest absolute Gasteiger partial charge is 2.00 e. The summed E-state index contributed by atoms with van der Waals surface area (Å²) < 4.78 is 25.4. The van der Waals surface area contributed by atoms with Crippen LogP contribution in [0.2, 0.25) is 0 Å². The van der Waals surface area contributed by atoms with Crippen LogP contribution in [0.25, 0.3) is 0 Å². The summed E-state index contributed by atoms with van der Waals surface area (Å²) in [6.45, 7) is 0.447. The molecule has 2 aromatic rings. The molecule has 0 aromatic heterocycles. The van der Waals surface area contributed by atoms with Crippen molar-refractivity contribution in [1.29, 1.82) is 0 Å². The molecule has 19 heavy (non-hydrogen) atoms. The molecule has 2 rings (SSSR count). The first-order chi connectivity index (χ1) is 8.25. The molecule has 0 aliphatic heterocycles. The molecule has 0 aliphatic carbocycles. The van der Waals surface area contributed by atoms with Gasteiger partial charge in [0.1, 0.15) is 12.4 Å². The van der Waals surface area contributed by atoms with Crippen molar-refractivity contribution in [2.75, 3.05) is 0 Å². The van der Waals surface area contributed by atoms with Gasteiger partial charge in [-0.05, 0) is 23.8 Å². The van der Waals surface area contributed by atoms with Crippen molar-refractivity contribution in [2.45, 2.75) is 11.5 Å². The van der Waals surface area contributed by atoms with Gasteiger partial charge in [0.15, 0.2) is 11.1 Å². The Labute approximate surface area is 141 Å². The Balaban J connectivity index is 0.00000162. The van der Waals surface area contributed by atoms with Gasteiger partial charge in [-0.1, -0.05) is 36.4 Å². The van der Waals surface area contributed by atoms with Crippen molar-refractivity contribution in [3.63, 3.8) is 0 Å². The van der Waals surface area contributed by atoms with E-state index in [2.05, 4.69) is 0 Å². The van der Waals surface area contributed by atoms with Crippen molar-refractivity contribution in [2.24, 2.45) is 0 Å². The minimum atomic E-state index is -1.97. The summed E-state index contributed by atoms with van der Waals surface area (Å²) in [6, 6.07) is 16.4. The molecule has 0 saturated heterocycles. The van der Waals surface area contributed by atoms with E-state index in [1.807, 2.05) is 30.3 Å². The van der Waals surface area contributed by atoms with Crippen LogP contribution in [-0.4, -0.2) is 31.8 Å². The molecule has 0 radical (unpaired) electrons. The summed E-state index contributed by atoms with van der Waals surface area (Å²) in [7, 11) is 0. The van der Waals surface area contributed by atoms with Crippen LogP contribution >= 0.6 is 0 Å². The van der Waals surface area contributed by atoms with Gasteiger partial charge in [-0.25, -0.2) is 4.21 Å². The van der Waals surface area contributed by atoms with Crippen molar-refractivity contribution in [3.8, 4) is 5.75 Å². The fourth-order valence-corrected chi connectivity index (χ4v) is 1.83. The molecule has 0 heterocycles. The molecule has 6 heteroatoms. The van der Waals surface area contributed by atoms with Gasteiger partial charge in [-0.15, -0.1) is 0 Å².